The Kier molecular flexibility index (Phi) is 3.09. The first-order chi connectivity index (χ1) is 7.74. The van der Waals surface area contributed by atoms with E-state index < -0.39 is 0 Å². The minimum atomic E-state index is 0.115. The first kappa shape index (κ1) is 10.9. The molecule has 0 aliphatic rings. The number of unbranched alkanes of at least 4 members (excludes halogenated alkanes) is 1. The van der Waals surface area contributed by atoms with Crippen LogP contribution < -0.4 is 5.56 Å². The van der Waals surface area contributed by atoms with Crippen LogP contribution in [0, 0.1) is 0 Å². The highest BCUT2D eigenvalue weighted by atomic mass is 16.1. The van der Waals surface area contributed by atoms with Gasteiger partial charge in [-0.2, -0.15) is 0 Å². The van der Waals surface area contributed by atoms with Crippen molar-refractivity contribution in [1.29, 1.82) is 0 Å². The third kappa shape index (κ3) is 1.87. The molecule has 0 saturated carbocycles. The third-order valence-corrected chi connectivity index (χ3v) is 3.04. The van der Waals surface area contributed by atoms with Crippen molar-refractivity contribution in [3.8, 4) is 0 Å². The van der Waals surface area contributed by atoms with Crippen molar-refractivity contribution in [1.82, 2.24) is 4.57 Å². The van der Waals surface area contributed by atoms with E-state index in [2.05, 4.69) is 13.0 Å². The maximum Gasteiger partial charge on any atom is 0.258 e. The lowest BCUT2D eigenvalue weighted by Gasteiger charge is -2.09. The molecule has 1 aromatic carbocycles. The molecule has 2 heteroatoms. The van der Waals surface area contributed by atoms with Gasteiger partial charge in [0.1, 0.15) is 0 Å². The van der Waals surface area contributed by atoms with Crippen molar-refractivity contribution >= 4 is 10.8 Å². The van der Waals surface area contributed by atoms with Crippen LogP contribution in [0.1, 0.15) is 25.5 Å². The van der Waals surface area contributed by atoms with E-state index in [0.29, 0.717) is 0 Å². The number of pyridine rings is 1. The molecule has 16 heavy (non-hydrogen) atoms. The number of nitrogens with zero attached hydrogens (tertiary/aromatic N) is 1. The third-order valence-electron chi connectivity index (χ3n) is 3.04. The number of benzene rings is 1. The monoisotopic (exact) mass is 215 g/mol. The molecule has 1 aromatic heterocycles. The first-order valence-corrected chi connectivity index (χ1v) is 5.81. The molecule has 0 aliphatic heterocycles. The van der Waals surface area contributed by atoms with Crippen molar-refractivity contribution in [2.24, 2.45) is 7.05 Å². The first-order valence-electron chi connectivity index (χ1n) is 5.81. The Morgan fingerprint density at radius 1 is 1.25 bits per heavy atom. The molecule has 2 aromatic rings. The van der Waals surface area contributed by atoms with Gasteiger partial charge in [0.25, 0.3) is 5.56 Å². The van der Waals surface area contributed by atoms with Crippen molar-refractivity contribution in [2.75, 3.05) is 0 Å². The number of hydrogen-bond acceptors (Lipinski definition) is 1. The Hall–Kier alpha value is -1.57. The van der Waals surface area contributed by atoms with Gasteiger partial charge in [0, 0.05) is 18.1 Å². The molecule has 0 atom stereocenters. The Balaban J connectivity index is 2.60. The van der Waals surface area contributed by atoms with Crippen LogP contribution in [0.3, 0.4) is 0 Å². The number of aromatic nitrogens is 1. The minimum absolute atomic E-state index is 0.115. The summed E-state index contributed by atoms with van der Waals surface area (Å²) in [5, 5.41) is 1.86. The van der Waals surface area contributed by atoms with Gasteiger partial charge in [-0.05, 0) is 30.4 Å². The predicted octanol–water partition coefficient (Wildman–Crippen LogP) is 2.88. The van der Waals surface area contributed by atoms with Gasteiger partial charge in [0.15, 0.2) is 0 Å². The summed E-state index contributed by atoms with van der Waals surface area (Å²) in [6.07, 6.45) is 3.26. The van der Waals surface area contributed by atoms with Crippen LogP contribution in [0.25, 0.3) is 10.8 Å². The molecule has 0 aliphatic carbocycles. The van der Waals surface area contributed by atoms with E-state index in [4.69, 9.17) is 0 Å². The van der Waals surface area contributed by atoms with Gasteiger partial charge >= 0.3 is 0 Å². The zero-order valence-electron chi connectivity index (χ0n) is 9.86. The van der Waals surface area contributed by atoms with E-state index in [1.807, 2.05) is 31.3 Å². The molecular formula is C14H17NO. The normalized spacial score (nSPS) is 10.9. The molecule has 0 spiro atoms. The molecule has 0 bridgehead atoms. The Morgan fingerprint density at radius 3 is 2.75 bits per heavy atom. The lowest BCUT2D eigenvalue weighted by atomic mass is 10.1. The molecule has 2 nitrogen and oxygen atoms in total. The van der Waals surface area contributed by atoms with Gasteiger partial charge in [-0.3, -0.25) is 4.79 Å². The molecular weight excluding hydrogens is 198 g/mol. The van der Waals surface area contributed by atoms with Crippen molar-refractivity contribution in [3.63, 3.8) is 0 Å². The van der Waals surface area contributed by atoms with Gasteiger partial charge in [-0.25, -0.2) is 0 Å². The van der Waals surface area contributed by atoms with E-state index in [1.165, 1.54) is 0 Å². The van der Waals surface area contributed by atoms with E-state index >= 15 is 0 Å². The van der Waals surface area contributed by atoms with Gasteiger partial charge in [-0.1, -0.05) is 31.5 Å². The molecule has 0 radical (unpaired) electrons. The zero-order chi connectivity index (χ0) is 11.5. The summed E-state index contributed by atoms with van der Waals surface area (Å²) in [4.78, 5) is 12.1. The number of aryl methyl sites for hydroxylation is 1. The van der Waals surface area contributed by atoms with Crippen molar-refractivity contribution in [2.45, 2.75) is 26.2 Å². The maximum absolute atomic E-state index is 12.1. The van der Waals surface area contributed by atoms with E-state index in [1.54, 1.807) is 4.57 Å². The Labute approximate surface area is 95.5 Å². The van der Waals surface area contributed by atoms with Gasteiger partial charge in [0.05, 0.1) is 0 Å². The molecule has 0 fully saturated rings. The summed E-state index contributed by atoms with van der Waals surface area (Å²) >= 11 is 0. The van der Waals surface area contributed by atoms with Gasteiger partial charge in [0.2, 0.25) is 0 Å². The van der Waals surface area contributed by atoms with Crippen LogP contribution in [0.5, 0.6) is 0 Å². The van der Waals surface area contributed by atoms with Crippen LogP contribution >= 0.6 is 0 Å². The van der Waals surface area contributed by atoms with Gasteiger partial charge < -0.3 is 4.57 Å². The number of fused-ring (bicyclic) bond motifs is 1. The van der Waals surface area contributed by atoms with Crippen molar-refractivity contribution in [3.05, 3.63) is 46.4 Å². The molecule has 0 amide bonds. The molecule has 1 heterocycles. The second-order valence-electron chi connectivity index (χ2n) is 4.19. The number of rotatable bonds is 3. The second kappa shape index (κ2) is 4.52. The Morgan fingerprint density at radius 2 is 2.00 bits per heavy atom. The minimum Gasteiger partial charge on any atom is -0.315 e. The lowest BCUT2D eigenvalue weighted by molar-refractivity contribution is 0.714. The van der Waals surface area contributed by atoms with Gasteiger partial charge in [-0.15, -0.1) is 0 Å². The smallest absolute Gasteiger partial charge is 0.258 e. The summed E-state index contributed by atoms with van der Waals surface area (Å²) in [5.41, 5.74) is 1.25. The zero-order valence-corrected chi connectivity index (χ0v) is 9.86. The van der Waals surface area contributed by atoms with Crippen LogP contribution in [-0.4, -0.2) is 4.57 Å². The fraction of sp³-hybridized carbons (Fsp3) is 0.357. The predicted molar refractivity (Wildman–Crippen MR) is 67.8 cm³/mol. The summed E-state index contributed by atoms with van der Waals surface area (Å²) < 4.78 is 1.78. The fourth-order valence-corrected chi connectivity index (χ4v) is 2.00. The van der Waals surface area contributed by atoms with Crippen LogP contribution in [-0.2, 0) is 13.5 Å². The maximum atomic E-state index is 12.1. The summed E-state index contributed by atoms with van der Waals surface area (Å²) in [7, 11) is 1.86. The summed E-state index contributed by atoms with van der Waals surface area (Å²) in [6.45, 7) is 2.17. The quantitative estimate of drug-likeness (QED) is 0.771. The van der Waals surface area contributed by atoms with Crippen LogP contribution in [0.15, 0.2) is 35.1 Å². The van der Waals surface area contributed by atoms with Crippen LogP contribution in [0.2, 0.25) is 0 Å². The lowest BCUT2D eigenvalue weighted by Crippen LogP contribution is -2.20. The average Bonchev–Trinajstić information content (AvgIpc) is 2.32. The molecule has 2 rings (SSSR count). The molecule has 0 unspecified atom stereocenters. The van der Waals surface area contributed by atoms with E-state index in [0.717, 1.165) is 35.7 Å². The van der Waals surface area contributed by atoms with E-state index in [-0.39, 0.29) is 5.56 Å². The summed E-state index contributed by atoms with van der Waals surface area (Å²) in [5.74, 6) is 0. The Bertz CT molecular complexity index is 554. The second-order valence-corrected chi connectivity index (χ2v) is 4.19. The van der Waals surface area contributed by atoms with E-state index in [9.17, 15) is 4.79 Å². The molecule has 84 valence electrons. The molecule has 0 saturated heterocycles. The summed E-state index contributed by atoms with van der Waals surface area (Å²) in [6, 6.07) is 9.92. The highest BCUT2D eigenvalue weighted by molar-refractivity contribution is 5.81. The molecule has 0 N–H and O–H groups in total. The standard InChI is InChI=1S/C14H17NO/c1-3-4-8-12-10-11-7-5-6-9-13(11)14(16)15(12)2/h5-7,9-10H,3-4,8H2,1-2H3. The highest BCUT2D eigenvalue weighted by Crippen LogP contribution is 2.12. The highest BCUT2D eigenvalue weighted by Gasteiger charge is 2.04. The van der Waals surface area contributed by atoms with Crippen LogP contribution in [0.4, 0.5) is 0 Å². The SMILES string of the molecule is CCCCc1cc2ccccc2c(=O)n1C. The number of hydrogen-bond donors (Lipinski definition) is 0. The largest absolute Gasteiger partial charge is 0.315 e. The topological polar surface area (TPSA) is 22.0 Å². The average molecular weight is 215 g/mol. The van der Waals surface area contributed by atoms with Crippen molar-refractivity contribution < 1.29 is 0 Å². The fourth-order valence-electron chi connectivity index (χ4n) is 2.00.